The Hall–Kier alpha value is -1.38. The van der Waals surface area contributed by atoms with Crippen LogP contribution in [0.2, 0.25) is 6.04 Å². The van der Waals surface area contributed by atoms with Crippen LogP contribution in [0.4, 0.5) is 0 Å². The highest BCUT2D eigenvalue weighted by molar-refractivity contribution is 6.97. The van der Waals surface area contributed by atoms with Gasteiger partial charge in [-0.2, -0.15) is 0 Å². The van der Waals surface area contributed by atoms with E-state index in [1.807, 2.05) is 0 Å². The van der Waals surface area contributed by atoms with Gasteiger partial charge in [0, 0.05) is 6.10 Å². The predicted molar refractivity (Wildman–Crippen MR) is 89.2 cm³/mol. The van der Waals surface area contributed by atoms with Gasteiger partial charge in [-0.1, -0.05) is 74.0 Å². The molecule has 2 rings (SSSR count). The van der Waals surface area contributed by atoms with E-state index < -0.39 is 8.32 Å². The van der Waals surface area contributed by atoms with Crippen LogP contribution in [0.15, 0.2) is 60.7 Å². The van der Waals surface area contributed by atoms with Gasteiger partial charge in [-0.15, -0.1) is 0 Å². The minimum Gasteiger partial charge on any atom is -0.406 e. The third-order valence-electron chi connectivity index (χ3n) is 3.52. The van der Waals surface area contributed by atoms with Crippen LogP contribution in [0.1, 0.15) is 27.2 Å². The van der Waals surface area contributed by atoms with Crippen molar-refractivity contribution in [2.45, 2.75) is 39.3 Å². The lowest BCUT2D eigenvalue weighted by Crippen LogP contribution is -2.61. The lowest BCUT2D eigenvalue weighted by atomic mass is 10.4. The van der Waals surface area contributed by atoms with Crippen LogP contribution in [-0.4, -0.2) is 14.4 Å². The van der Waals surface area contributed by atoms with Crippen molar-refractivity contribution in [2.24, 2.45) is 0 Å². The van der Waals surface area contributed by atoms with Gasteiger partial charge in [0.25, 0.3) is 8.32 Å². The van der Waals surface area contributed by atoms with E-state index >= 15 is 0 Å². The van der Waals surface area contributed by atoms with Gasteiger partial charge in [0.15, 0.2) is 0 Å². The summed E-state index contributed by atoms with van der Waals surface area (Å²) >= 11 is 0. The highest BCUT2D eigenvalue weighted by atomic mass is 28.4. The molecule has 0 bridgehead atoms. The topological polar surface area (TPSA) is 9.23 Å². The Labute approximate surface area is 123 Å². The zero-order chi connectivity index (χ0) is 14.4. The molecule has 2 aromatic rings. The Bertz CT molecular complexity index is 468. The Morgan fingerprint density at radius 2 is 1.30 bits per heavy atom. The van der Waals surface area contributed by atoms with Crippen LogP contribution in [-0.2, 0) is 4.43 Å². The average molecular weight is 284 g/mol. The summed E-state index contributed by atoms with van der Waals surface area (Å²) in [5.74, 6) is 0. The molecule has 20 heavy (non-hydrogen) atoms. The molecule has 2 aromatic carbocycles. The first-order valence-electron chi connectivity index (χ1n) is 7.48. The van der Waals surface area contributed by atoms with E-state index in [2.05, 4.69) is 81.4 Å². The molecule has 0 unspecified atom stereocenters. The number of rotatable bonds is 6. The first kappa shape index (κ1) is 15.0. The van der Waals surface area contributed by atoms with Crippen LogP contribution in [0.3, 0.4) is 0 Å². The molecule has 106 valence electrons. The SMILES string of the molecule is CCC[Si](OC(C)C)(c1ccccc1)c1ccccc1. The largest absolute Gasteiger partial charge is 0.406 e. The normalized spacial score (nSPS) is 11.8. The molecular formula is C18H24OSi. The monoisotopic (exact) mass is 284 g/mol. The van der Waals surface area contributed by atoms with Crippen LogP contribution < -0.4 is 10.4 Å². The van der Waals surface area contributed by atoms with Crippen LogP contribution in [0.25, 0.3) is 0 Å². The second kappa shape index (κ2) is 6.87. The van der Waals surface area contributed by atoms with Gasteiger partial charge in [-0.25, -0.2) is 0 Å². The van der Waals surface area contributed by atoms with Crippen molar-refractivity contribution in [3.63, 3.8) is 0 Å². The van der Waals surface area contributed by atoms with Gasteiger partial charge >= 0.3 is 0 Å². The van der Waals surface area contributed by atoms with Crippen molar-refractivity contribution in [1.82, 2.24) is 0 Å². The highest BCUT2D eigenvalue weighted by Crippen LogP contribution is 2.17. The number of hydrogen-bond donors (Lipinski definition) is 0. The van der Waals surface area contributed by atoms with Crippen molar-refractivity contribution in [3.8, 4) is 0 Å². The quantitative estimate of drug-likeness (QED) is 0.737. The van der Waals surface area contributed by atoms with E-state index in [0.29, 0.717) is 0 Å². The maximum Gasteiger partial charge on any atom is 0.256 e. The van der Waals surface area contributed by atoms with Gasteiger partial charge in [0.2, 0.25) is 0 Å². The molecular weight excluding hydrogens is 260 g/mol. The average Bonchev–Trinajstić information content (AvgIpc) is 2.48. The Morgan fingerprint density at radius 1 is 0.850 bits per heavy atom. The molecule has 0 amide bonds. The third kappa shape index (κ3) is 3.19. The van der Waals surface area contributed by atoms with Crippen molar-refractivity contribution in [1.29, 1.82) is 0 Å². The molecule has 0 aliphatic rings. The van der Waals surface area contributed by atoms with E-state index in [4.69, 9.17) is 4.43 Å². The Morgan fingerprint density at radius 3 is 1.65 bits per heavy atom. The summed E-state index contributed by atoms with van der Waals surface area (Å²) in [6, 6.07) is 22.7. The van der Waals surface area contributed by atoms with E-state index in [9.17, 15) is 0 Å². The third-order valence-corrected chi connectivity index (χ3v) is 8.13. The van der Waals surface area contributed by atoms with Crippen molar-refractivity contribution < 1.29 is 4.43 Å². The summed E-state index contributed by atoms with van der Waals surface area (Å²) in [7, 11) is -2.11. The molecule has 2 heteroatoms. The van der Waals surface area contributed by atoms with E-state index in [-0.39, 0.29) is 6.10 Å². The Kier molecular flexibility index (Phi) is 5.15. The maximum absolute atomic E-state index is 6.59. The minimum absolute atomic E-state index is 0.244. The zero-order valence-electron chi connectivity index (χ0n) is 12.7. The van der Waals surface area contributed by atoms with Crippen molar-refractivity contribution in [3.05, 3.63) is 60.7 Å². The summed E-state index contributed by atoms with van der Waals surface area (Å²) in [5, 5.41) is 2.75. The van der Waals surface area contributed by atoms with E-state index in [1.54, 1.807) is 0 Å². The van der Waals surface area contributed by atoms with Crippen LogP contribution in [0, 0.1) is 0 Å². The summed E-state index contributed by atoms with van der Waals surface area (Å²) in [5.41, 5.74) is 0. The Balaban J connectivity index is 2.56. The van der Waals surface area contributed by atoms with Gasteiger partial charge in [-0.05, 0) is 30.3 Å². The zero-order valence-corrected chi connectivity index (χ0v) is 13.7. The van der Waals surface area contributed by atoms with Crippen LogP contribution >= 0.6 is 0 Å². The molecule has 0 N–H and O–H groups in total. The second-order valence-corrected chi connectivity index (χ2v) is 9.02. The summed E-state index contributed by atoms with van der Waals surface area (Å²) in [6.45, 7) is 6.53. The molecule has 0 saturated heterocycles. The standard InChI is InChI=1S/C18H24OSi/c1-4-15-20(19-16(2)3,17-11-7-5-8-12-17)18-13-9-6-10-14-18/h5-14,16H,4,15H2,1-3H3. The summed E-state index contributed by atoms with van der Waals surface area (Å²) in [4.78, 5) is 0. The molecule has 0 spiro atoms. The fourth-order valence-corrected chi connectivity index (χ4v) is 7.09. The molecule has 0 aliphatic carbocycles. The number of benzene rings is 2. The first-order valence-corrected chi connectivity index (χ1v) is 9.59. The molecule has 0 atom stereocenters. The van der Waals surface area contributed by atoms with Gasteiger partial charge in [0.1, 0.15) is 0 Å². The molecule has 0 saturated carbocycles. The lowest BCUT2D eigenvalue weighted by molar-refractivity contribution is 0.238. The summed E-state index contributed by atoms with van der Waals surface area (Å²) in [6.07, 6.45) is 1.39. The molecule has 0 heterocycles. The minimum atomic E-state index is -2.11. The highest BCUT2D eigenvalue weighted by Gasteiger charge is 2.39. The van der Waals surface area contributed by atoms with Crippen LogP contribution in [0.5, 0.6) is 0 Å². The smallest absolute Gasteiger partial charge is 0.256 e. The van der Waals surface area contributed by atoms with Gasteiger partial charge < -0.3 is 4.43 Å². The predicted octanol–water partition coefficient (Wildman–Crippen LogP) is 3.58. The second-order valence-electron chi connectivity index (χ2n) is 5.48. The lowest BCUT2D eigenvalue weighted by Gasteiger charge is -2.34. The molecule has 0 aromatic heterocycles. The van der Waals surface area contributed by atoms with Crippen molar-refractivity contribution in [2.75, 3.05) is 0 Å². The fraction of sp³-hybridized carbons (Fsp3) is 0.333. The van der Waals surface area contributed by atoms with E-state index in [1.165, 1.54) is 10.4 Å². The maximum atomic E-state index is 6.59. The molecule has 1 nitrogen and oxygen atoms in total. The first-order chi connectivity index (χ1) is 9.69. The van der Waals surface area contributed by atoms with Crippen molar-refractivity contribution >= 4 is 18.7 Å². The molecule has 0 aliphatic heterocycles. The molecule has 0 radical (unpaired) electrons. The van der Waals surface area contributed by atoms with E-state index in [0.717, 1.165) is 12.5 Å². The fourth-order valence-electron chi connectivity index (χ4n) is 2.82. The number of hydrogen-bond acceptors (Lipinski definition) is 1. The van der Waals surface area contributed by atoms with Gasteiger partial charge in [0.05, 0.1) is 0 Å². The molecule has 0 fully saturated rings. The summed E-state index contributed by atoms with van der Waals surface area (Å²) < 4.78 is 6.59. The van der Waals surface area contributed by atoms with Gasteiger partial charge in [-0.3, -0.25) is 0 Å².